The van der Waals surface area contributed by atoms with Gasteiger partial charge >= 0.3 is 0 Å². The highest BCUT2D eigenvalue weighted by molar-refractivity contribution is 6.34. The van der Waals surface area contributed by atoms with Crippen LogP contribution in [-0.2, 0) is 4.79 Å². The van der Waals surface area contributed by atoms with Crippen molar-refractivity contribution in [1.29, 1.82) is 5.41 Å². The first kappa shape index (κ1) is 28.3. The number of halogens is 1. The van der Waals surface area contributed by atoms with Gasteiger partial charge in [0.15, 0.2) is 17.3 Å². The minimum Gasteiger partial charge on any atom is -0.507 e. The molecule has 8 heteroatoms. The summed E-state index contributed by atoms with van der Waals surface area (Å²) in [6.07, 6.45) is 0.845. The van der Waals surface area contributed by atoms with Gasteiger partial charge in [0.05, 0.1) is 32.0 Å². The van der Waals surface area contributed by atoms with Crippen molar-refractivity contribution in [2.24, 2.45) is 5.41 Å². The van der Waals surface area contributed by atoms with Gasteiger partial charge in [-0.1, -0.05) is 67.9 Å². The number of amidine groups is 1. The van der Waals surface area contributed by atoms with Crippen LogP contribution >= 0.6 is 11.6 Å². The summed E-state index contributed by atoms with van der Waals surface area (Å²) in [7, 11) is 4.58. The van der Waals surface area contributed by atoms with Gasteiger partial charge in [-0.05, 0) is 41.7 Å². The number of aliphatic hydroxyl groups is 1. The average Bonchev–Trinajstić information content (AvgIpc) is 2.96. The van der Waals surface area contributed by atoms with Crippen LogP contribution in [0, 0.1) is 10.8 Å². The molecule has 0 fully saturated rings. The first-order chi connectivity index (χ1) is 19.6. The molecule has 0 amide bonds. The first-order valence-electron chi connectivity index (χ1n) is 13.3. The first-order valence-corrected chi connectivity index (χ1v) is 13.7. The van der Waals surface area contributed by atoms with Gasteiger partial charge in [0, 0.05) is 34.7 Å². The van der Waals surface area contributed by atoms with Gasteiger partial charge in [0.25, 0.3) is 0 Å². The molecule has 0 saturated heterocycles. The fourth-order valence-electron chi connectivity index (χ4n) is 5.87. The Balaban J connectivity index is 1.91. The lowest BCUT2D eigenvalue weighted by Crippen LogP contribution is -2.45. The van der Waals surface area contributed by atoms with Gasteiger partial charge < -0.3 is 19.3 Å². The zero-order valence-electron chi connectivity index (χ0n) is 23.7. The second-order valence-corrected chi connectivity index (χ2v) is 11.4. The Morgan fingerprint density at radius 3 is 2.15 bits per heavy atom. The number of para-hydroxylation sites is 1. The van der Waals surface area contributed by atoms with E-state index in [2.05, 4.69) is 0 Å². The van der Waals surface area contributed by atoms with E-state index in [1.54, 1.807) is 35.2 Å². The van der Waals surface area contributed by atoms with Crippen LogP contribution in [0.1, 0.15) is 43.7 Å². The molecule has 0 radical (unpaired) electrons. The van der Waals surface area contributed by atoms with Crippen LogP contribution in [0.3, 0.4) is 0 Å². The Morgan fingerprint density at radius 1 is 0.951 bits per heavy atom. The van der Waals surface area contributed by atoms with Gasteiger partial charge in [0.2, 0.25) is 5.75 Å². The number of aliphatic hydroxyl groups excluding tert-OH is 1. The number of Topliss-reactive ketones (excluding diaryl/α,β-unsaturated/α-hetero) is 1. The standard InChI is InChI=1S/C33H33ClN2O5/c1-33(2)17-23-28(24(37)18-33)27(20-15-25(39-3)31(41-5)26(16-20)40-4)29(30(38)19-11-7-6-8-12-19)32(35)36(23)22-14-10-9-13-21(22)34/h6-16,27,35,38H,17-18H2,1-5H3/b30-29+,35-32?. The zero-order valence-corrected chi connectivity index (χ0v) is 24.5. The Hall–Kier alpha value is -4.23. The van der Waals surface area contributed by atoms with Gasteiger partial charge in [-0.3, -0.25) is 15.1 Å². The molecule has 2 aliphatic rings. The molecule has 3 aromatic rings. The zero-order chi connectivity index (χ0) is 29.5. The van der Waals surface area contributed by atoms with Crippen molar-refractivity contribution in [2.45, 2.75) is 32.6 Å². The molecule has 1 atom stereocenters. The molecule has 0 aromatic heterocycles. The number of ether oxygens (including phenoxy) is 3. The van der Waals surface area contributed by atoms with Crippen molar-refractivity contribution in [3.63, 3.8) is 0 Å². The highest BCUT2D eigenvalue weighted by atomic mass is 35.5. The predicted octanol–water partition coefficient (Wildman–Crippen LogP) is 7.56. The van der Waals surface area contributed by atoms with E-state index < -0.39 is 5.92 Å². The Morgan fingerprint density at radius 2 is 1.56 bits per heavy atom. The molecule has 0 bridgehead atoms. The molecular weight excluding hydrogens is 540 g/mol. The summed E-state index contributed by atoms with van der Waals surface area (Å²) in [6, 6.07) is 19.8. The number of carbonyl (C=O) groups is 1. The molecule has 7 nitrogen and oxygen atoms in total. The van der Waals surface area contributed by atoms with Gasteiger partial charge in [-0.25, -0.2) is 0 Å². The van der Waals surface area contributed by atoms with Gasteiger partial charge in [-0.15, -0.1) is 0 Å². The molecule has 1 heterocycles. The van der Waals surface area contributed by atoms with Crippen molar-refractivity contribution in [3.8, 4) is 17.2 Å². The number of hydrogen-bond donors (Lipinski definition) is 2. The second kappa shape index (κ2) is 11.0. The van der Waals surface area contributed by atoms with E-state index in [0.29, 0.717) is 63.2 Å². The summed E-state index contributed by atoms with van der Waals surface area (Å²) in [6.45, 7) is 4.09. The predicted molar refractivity (Wildman–Crippen MR) is 162 cm³/mol. The topological polar surface area (TPSA) is 92.1 Å². The monoisotopic (exact) mass is 572 g/mol. The summed E-state index contributed by atoms with van der Waals surface area (Å²) in [5, 5.41) is 21.9. The van der Waals surface area contributed by atoms with E-state index in [1.165, 1.54) is 21.3 Å². The third-order valence-electron chi connectivity index (χ3n) is 7.64. The number of carbonyl (C=O) groups excluding carboxylic acids is 1. The van der Waals surface area contributed by atoms with Crippen LogP contribution in [0.15, 0.2) is 83.6 Å². The number of nitrogens with zero attached hydrogens (tertiary/aromatic N) is 1. The quantitative estimate of drug-likeness (QED) is 0.296. The van der Waals surface area contributed by atoms with Crippen LogP contribution in [0.4, 0.5) is 5.69 Å². The van der Waals surface area contributed by atoms with E-state index >= 15 is 0 Å². The maximum atomic E-state index is 14.2. The number of nitrogens with one attached hydrogen (secondary N) is 1. The number of hydrogen-bond acceptors (Lipinski definition) is 6. The second-order valence-electron chi connectivity index (χ2n) is 11.0. The van der Waals surface area contributed by atoms with Crippen molar-refractivity contribution >= 4 is 34.7 Å². The van der Waals surface area contributed by atoms with E-state index in [0.717, 1.165) is 0 Å². The number of benzene rings is 3. The third-order valence-corrected chi connectivity index (χ3v) is 7.96. The van der Waals surface area contributed by atoms with Crippen molar-refractivity contribution < 1.29 is 24.1 Å². The van der Waals surface area contributed by atoms with Crippen molar-refractivity contribution in [3.05, 3.63) is 99.7 Å². The maximum absolute atomic E-state index is 14.2. The molecule has 0 saturated carbocycles. The summed E-state index contributed by atoms with van der Waals surface area (Å²) in [4.78, 5) is 15.9. The number of ketones is 1. The van der Waals surface area contributed by atoms with E-state index in [9.17, 15) is 15.3 Å². The lowest BCUT2D eigenvalue weighted by atomic mass is 9.67. The van der Waals surface area contributed by atoms with Crippen LogP contribution in [0.2, 0.25) is 5.02 Å². The number of anilines is 1. The molecule has 212 valence electrons. The molecule has 2 N–H and O–H groups in total. The fourth-order valence-corrected chi connectivity index (χ4v) is 6.09. The number of rotatable bonds is 6. The largest absolute Gasteiger partial charge is 0.507 e. The van der Waals surface area contributed by atoms with Gasteiger partial charge in [-0.2, -0.15) is 0 Å². The Kier molecular flexibility index (Phi) is 7.58. The van der Waals surface area contributed by atoms with E-state index in [1.807, 2.05) is 50.2 Å². The molecule has 1 unspecified atom stereocenters. The molecule has 1 aliphatic carbocycles. The molecular formula is C33H33ClN2O5. The summed E-state index contributed by atoms with van der Waals surface area (Å²) in [5.41, 5.74) is 2.84. The highest BCUT2D eigenvalue weighted by Gasteiger charge is 2.47. The fraction of sp³-hybridized carbons (Fsp3) is 0.273. The minimum absolute atomic E-state index is 0.0301. The Labute approximate surface area is 245 Å². The van der Waals surface area contributed by atoms with Gasteiger partial charge in [0.1, 0.15) is 11.6 Å². The Bertz CT molecular complexity index is 1570. The van der Waals surface area contributed by atoms with E-state index in [-0.39, 0.29) is 28.4 Å². The van der Waals surface area contributed by atoms with Crippen LogP contribution < -0.4 is 19.1 Å². The highest BCUT2D eigenvalue weighted by Crippen LogP contribution is 2.53. The number of methoxy groups -OCH3 is 3. The van der Waals surface area contributed by atoms with Crippen LogP contribution in [-0.4, -0.2) is 38.1 Å². The normalized spacial score (nSPS) is 19.6. The molecule has 41 heavy (non-hydrogen) atoms. The average molecular weight is 573 g/mol. The maximum Gasteiger partial charge on any atom is 0.203 e. The molecule has 5 rings (SSSR count). The van der Waals surface area contributed by atoms with Crippen molar-refractivity contribution in [2.75, 3.05) is 26.2 Å². The lowest BCUT2D eigenvalue weighted by Gasteiger charge is -2.45. The molecule has 0 spiro atoms. The minimum atomic E-state index is -0.784. The van der Waals surface area contributed by atoms with Crippen molar-refractivity contribution in [1.82, 2.24) is 0 Å². The molecule has 3 aromatic carbocycles. The molecule has 1 aliphatic heterocycles. The number of allylic oxidation sites excluding steroid dienone is 2. The van der Waals surface area contributed by atoms with Crippen LogP contribution in [0.25, 0.3) is 5.76 Å². The van der Waals surface area contributed by atoms with E-state index in [4.69, 9.17) is 25.8 Å². The smallest absolute Gasteiger partial charge is 0.203 e. The summed E-state index contributed by atoms with van der Waals surface area (Å²) in [5.74, 6) is 0.313. The lowest BCUT2D eigenvalue weighted by molar-refractivity contribution is -0.118. The van der Waals surface area contributed by atoms with Crippen LogP contribution in [0.5, 0.6) is 17.2 Å². The SMILES string of the molecule is COc1cc(C2C3=C(CC(C)(C)CC3=O)N(c3ccccc3Cl)C(=N)/C2=C(/O)c2ccccc2)cc(OC)c1OC. The third kappa shape index (κ3) is 4.95. The summed E-state index contributed by atoms with van der Waals surface area (Å²) < 4.78 is 16.9. The summed E-state index contributed by atoms with van der Waals surface area (Å²) >= 11 is 6.70.